The van der Waals surface area contributed by atoms with E-state index in [9.17, 15) is 19.1 Å². The van der Waals surface area contributed by atoms with Crippen LogP contribution in [-0.4, -0.2) is 22.8 Å². The molecular weight excluding hydrogens is 345 g/mol. The van der Waals surface area contributed by atoms with Gasteiger partial charge in [-0.3, -0.25) is 14.5 Å². The number of benzene rings is 1. The van der Waals surface area contributed by atoms with Gasteiger partial charge in [0.05, 0.1) is 11.6 Å². The van der Waals surface area contributed by atoms with Gasteiger partial charge < -0.3 is 5.11 Å². The minimum absolute atomic E-state index is 0.134. The Morgan fingerprint density at radius 2 is 1.93 bits per heavy atom. The van der Waals surface area contributed by atoms with Gasteiger partial charge in [-0.1, -0.05) is 37.3 Å². The molecule has 1 amide bonds. The standard InChI is InChI=1S/C22H22FNO3/c1-3-4-5-7-14(2)19-18(20(25)15-8-6-9-15)21(26)22(27)24(19)17-12-10-16(23)11-13-17/h3-5,7,10-13,15,19,26H,1,6,8-9H2,2H3/b5-4-,14-7+. The fourth-order valence-electron chi connectivity index (χ4n) is 3.42. The maximum atomic E-state index is 13.3. The van der Waals surface area contributed by atoms with E-state index in [2.05, 4.69) is 6.58 Å². The van der Waals surface area contributed by atoms with E-state index in [0.29, 0.717) is 5.69 Å². The van der Waals surface area contributed by atoms with Crippen LogP contribution in [0, 0.1) is 11.7 Å². The van der Waals surface area contributed by atoms with E-state index >= 15 is 0 Å². The van der Waals surface area contributed by atoms with Crippen LogP contribution < -0.4 is 4.90 Å². The maximum Gasteiger partial charge on any atom is 0.294 e. The Morgan fingerprint density at radius 1 is 1.26 bits per heavy atom. The molecule has 1 aliphatic heterocycles. The minimum atomic E-state index is -0.717. The van der Waals surface area contributed by atoms with Gasteiger partial charge in [0.1, 0.15) is 5.82 Å². The summed E-state index contributed by atoms with van der Waals surface area (Å²) in [5.41, 5.74) is 1.28. The number of aliphatic hydroxyl groups excluding tert-OH is 1. The van der Waals surface area contributed by atoms with Crippen LogP contribution in [0.4, 0.5) is 10.1 Å². The molecule has 5 heteroatoms. The van der Waals surface area contributed by atoms with Crippen molar-refractivity contribution < 1.29 is 19.1 Å². The lowest BCUT2D eigenvalue weighted by atomic mass is 9.77. The van der Waals surface area contributed by atoms with Crippen LogP contribution >= 0.6 is 0 Å². The van der Waals surface area contributed by atoms with E-state index in [1.54, 1.807) is 31.2 Å². The maximum absolute atomic E-state index is 13.3. The van der Waals surface area contributed by atoms with Gasteiger partial charge in [0.2, 0.25) is 0 Å². The summed E-state index contributed by atoms with van der Waals surface area (Å²) in [5.74, 6) is -1.91. The second-order valence-electron chi connectivity index (χ2n) is 6.84. The number of halogens is 1. The first-order chi connectivity index (χ1) is 13.0. The first-order valence-electron chi connectivity index (χ1n) is 8.98. The van der Waals surface area contributed by atoms with Gasteiger partial charge in [0.25, 0.3) is 5.91 Å². The van der Waals surface area contributed by atoms with Crippen LogP contribution in [0.3, 0.4) is 0 Å². The third-order valence-electron chi connectivity index (χ3n) is 5.09. The van der Waals surface area contributed by atoms with Gasteiger partial charge in [-0.05, 0) is 49.6 Å². The van der Waals surface area contributed by atoms with Crippen molar-refractivity contribution in [3.8, 4) is 0 Å². The first-order valence-corrected chi connectivity index (χ1v) is 8.98. The topological polar surface area (TPSA) is 57.6 Å². The number of carbonyl (C=O) groups is 2. The zero-order valence-electron chi connectivity index (χ0n) is 15.2. The molecule has 4 nitrogen and oxygen atoms in total. The summed E-state index contributed by atoms with van der Waals surface area (Å²) in [6, 6.07) is 4.72. The van der Waals surface area contributed by atoms with E-state index in [1.165, 1.54) is 29.2 Å². The Bertz CT molecular complexity index is 860. The number of allylic oxidation sites excluding steroid dienone is 4. The number of rotatable bonds is 6. The molecule has 1 aromatic rings. The Kier molecular flexibility index (Phi) is 5.40. The number of carbonyl (C=O) groups excluding carboxylic acids is 2. The van der Waals surface area contributed by atoms with Crippen molar-refractivity contribution in [1.82, 2.24) is 0 Å². The van der Waals surface area contributed by atoms with E-state index in [-0.39, 0.29) is 17.3 Å². The third kappa shape index (κ3) is 3.50. The summed E-state index contributed by atoms with van der Waals surface area (Å²) in [6.45, 7) is 5.42. The first kappa shape index (κ1) is 18.8. The van der Waals surface area contributed by atoms with Gasteiger partial charge in [0.15, 0.2) is 11.5 Å². The molecule has 1 saturated carbocycles. The van der Waals surface area contributed by atoms with Crippen LogP contribution in [0.15, 0.2) is 72.1 Å². The van der Waals surface area contributed by atoms with Crippen LogP contribution in [0.1, 0.15) is 26.2 Å². The highest BCUT2D eigenvalue weighted by atomic mass is 19.1. The lowest BCUT2D eigenvalue weighted by molar-refractivity contribution is -0.122. The average molecular weight is 367 g/mol. The molecule has 27 heavy (non-hydrogen) atoms. The van der Waals surface area contributed by atoms with Gasteiger partial charge in [0, 0.05) is 11.6 Å². The smallest absolute Gasteiger partial charge is 0.294 e. The largest absolute Gasteiger partial charge is 0.503 e. The molecule has 3 rings (SSSR count). The number of aliphatic hydroxyl groups is 1. The lowest BCUT2D eigenvalue weighted by Crippen LogP contribution is -2.39. The molecule has 1 heterocycles. The van der Waals surface area contributed by atoms with Gasteiger partial charge in [-0.25, -0.2) is 4.39 Å². The van der Waals surface area contributed by atoms with Crippen molar-refractivity contribution in [2.24, 2.45) is 5.92 Å². The molecule has 140 valence electrons. The SMILES string of the molecule is C=C/C=C\C=C(/C)C1C(C(=O)C2CCC2)=C(O)C(=O)N1c1ccc(F)cc1. The number of Topliss-reactive ketones (excluding diaryl/α,β-unsaturated/α-hetero) is 1. The Labute approximate surface area is 158 Å². The van der Waals surface area contributed by atoms with Gasteiger partial charge in [-0.15, -0.1) is 0 Å². The zero-order valence-corrected chi connectivity index (χ0v) is 15.2. The Balaban J connectivity index is 2.07. The Morgan fingerprint density at radius 3 is 2.48 bits per heavy atom. The summed E-state index contributed by atoms with van der Waals surface area (Å²) >= 11 is 0. The quantitative estimate of drug-likeness (QED) is 0.758. The van der Waals surface area contributed by atoms with E-state index in [1.807, 2.05) is 0 Å². The Hall–Kier alpha value is -2.95. The normalized spacial score (nSPS) is 21.1. The molecule has 2 aliphatic rings. The summed E-state index contributed by atoms with van der Waals surface area (Å²) in [5, 5.41) is 10.5. The molecule has 1 N–H and O–H groups in total. The van der Waals surface area contributed by atoms with Crippen LogP contribution in [0.25, 0.3) is 0 Å². The highest BCUT2D eigenvalue weighted by molar-refractivity contribution is 6.17. The molecule has 0 bridgehead atoms. The number of hydrogen-bond acceptors (Lipinski definition) is 3. The van der Waals surface area contributed by atoms with Crippen molar-refractivity contribution >= 4 is 17.4 Å². The minimum Gasteiger partial charge on any atom is -0.503 e. The number of hydrogen-bond donors (Lipinski definition) is 1. The van der Waals surface area contributed by atoms with Crippen LogP contribution in [0.5, 0.6) is 0 Å². The number of ketones is 1. The third-order valence-corrected chi connectivity index (χ3v) is 5.09. The summed E-state index contributed by atoms with van der Waals surface area (Å²) in [6.07, 6.45) is 9.41. The second kappa shape index (κ2) is 7.74. The van der Waals surface area contributed by atoms with Crippen molar-refractivity contribution in [2.45, 2.75) is 32.2 Å². The van der Waals surface area contributed by atoms with E-state index in [0.717, 1.165) is 24.8 Å². The van der Waals surface area contributed by atoms with Crippen molar-refractivity contribution in [2.75, 3.05) is 4.90 Å². The summed E-state index contributed by atoms with van der Waals surface area (Å²) in [4.78, 5) is 27.1. The fourth-order valence-corrected chi connectivity index (χ4v) is 3.42. The fraction of sp³-hybridized carbons (Fsp3) is 0.273. The van der Waals surface area contributed by atoms with E-state index < -0.39 is 23.5 Å². The van der Waals surface area contributed by atoms with Crippen molar-refractivity contribution in [3.63, 3.8) is 0 Å². The highest BCUT2D eigenvalue weighted by Crippen LogP contribution is 2.39. The number of anilines is 1. The molecule has 1 unspecified atom stereocenters. The molecule has 0 radical (unpaired) electrons. The number of nitrogens with zero attached hydrogens (tertiary/aromatic N) is 1. The average Bonchev–Trinajstić information content (AvgIpc) is 2.86. The van der Waals surface area contributed by atoms with Gasteiger partial charge >= 0.3 is 0 Å². The molecule has 1 aromatic carbocycles. The lowest BCUT2D eigenvalue weighted by Gasteiger charge is -2.30. The predicted octanol–water partition coefficient (Wildman–Crippen LogP) is 4.41. The highest BCUT2D eigenvalue weighted by Gasteiger charge is 2.46. The van der Waals surface area contributed by atoms with Crippen molar-refractivity contribution in [1.29, 1.82) is 0 Å². The monoisotopic (exact) mass is 367 g/mol. The molecule has 0 aromatic heterocycles. The van der Waals surface area contributed by atoms with Gasteiger partial charge in [-0.2, -0.15) is 0 Å². The summed E-state index contributed by atoms with van der Waals surface area (Å²) < 4.78 is 13.3. The van der Waals surface area contributed by atoms with E-state index in [4.69, 9.17) is 0 Å². The second-order valence-corrected chi connectivity index (χ2v) is 6.84. The summed E-state index contributed by atoms with van der Waals surface area (Å²) in [7, 11) is 0. The molecule has 0 saturated heterocycles. The van der Waals surface area contributed by atoms with Crippen LogP contribution in [-0.2, 0) is 9.59 Å². The molecule has 1 atom stereocenters. The molecular formula is C22H22FNO3. The number of amides is 1. The van der Waals surface area contributed by atoms with Crippen LogP contribution in [0.2, 0.25) is 0 Å². The molecule has 1 fully saturated rings. The molecule has 0 spiro atoms. The van der Waals surface area contributed by atoms with Crippen molar-refractivity contribution in [3.05, 3.63) is 77.9 Å². The molecule has 1 aliphatic carbocycles. The predicted molar refractivity (Wildman–Crippen MR) is 103 cm³/mol. The zero-order chi connectivity index (χ0) is 19.6.